The van der Waals surface area contributed by atoms with Gasteiger partial charge in [0.1, 0.15) is 12.3 Å². The van der Waals surface area contributed by atoms with Gasteiger partial charge < -0.3 is 25.9 Å². The lowest BCUT2D eigenvalue weighted by Crippen LogP contribution is -2.52. The SMILES string of the molecule is COC(=O)N[C@H](C(=O)N[C@@H](C)CCC[C@@H](C=O)N(CCC(C)C)S(=O)(=O)c1ccc(N)cc1)C(c1ccccc1)c1ccccc1. The van der Waals surface area contributed by atoms with E-state index in [-0.39, 0.29) is 29.8 Å². The number of aldehydes is 1. The number of rotatable bonds is 17. The minimum atomic E-state index is -3.96. The van der Waals surface area contributed by atoms with Gasteiger partial charge in [0.25, 0.3) is 0 Å². The Morgan fingerprint density at radius 2 is 1.41 bits per heavy atom. The number of benzene rings is 3. The number of nitrogens with one attached hydrogen (secondary N) is 2. The molecule has 4 N–H and O–H groups in total. The number of nitrogens with two attached hydrogens (primary N) is 1. The van der Waals surface area contributed by atoms with E-state index in [1.165, 1.54) is 35.7 Å². The minimum absolute atomic E-state index is 0.0773. The zero-order chi connectivity index (χ0) is 33.7. The van der Waals surface area contributed by atoms with Crippen LogP contribution in [0.3, 0.4) is 0 Å². The van der Waals surface area contributed by atoms with Crippen molar-refractivity contribution in [2.45, 2.75) is 75.4 Å². The summed E-state index contributed by atoms with van der Waals surface area (Å²) in [5, 5.41) is 5.74. The molecule has 46 heavy (non-hydrogen) atoms. The zero-order valence-corrected chi connectivity index (χ0v) is 27.8. The number of alkyl carbamates (subject to hydrolysis) is 1. The van der Waals surface area contributed by atoms with Crippen molar-refractivity contribution in [3.8, 4) is 0 Å². The maximum atomic E-state index is 13.8. The summed E-state index contributed by atoms with van der Waals surface area (Å²) in [7, 11) is -2.71. The molecule has 0 radical (unpaired) electrons. The van der Waals surface area contributed by atoms with Gasteiger partial charge in [-0.15, -0.1) is 0 Å². The van der Waals surface area contributed by atoms with E-state index in [2.05, 4.69) is 10.6 Å². The molecule has 0 aliphatic heterocycles. The molecule has 0 saturated heterocycles. The summed E-state index contributed by atoms with van der Waals surface area (Å²) < 4.78 is 33.4. The monoisotopic (exact) mass is 650 g/mol. The van der Waals surface area contributed by atoms with Crippen molar-refractivity contribution in [1.29, 1.82) is 0 Å². The van der Waals surface area contributed by atoms with Gasteiger partial charge in [0.2, 0.25) is 15.9 Å². The molecule has 3 atom stereocenters. The molecule has 0 bridgehead atoms. The number of ether oxygens (including phenoxy) is 1. The fourth-order valence-electron chi connectivity index (χ4n) is 5.33. The van der Waals surface area contributed by atoms with Crippen LogP contribution >= 0.6 is 0 Å². The molecule has 0 aliphatic carbocycles. The molecule has 0 aromatic heterocycles. The van der Waals surface area contributed by atoms with Crippen LogP contribution in [0.25, 0.3) is 0 Å². The Hall–Kier alpha value is -4.22. The third-order valence-electron chi connectivity index (χ3n) is 7.86. The Morgan fingerprint density at radius 3 is 1.91 bits per heavy atom. The Bertz CT molecular complexity index is 1460. The van der Waals surface area contributed by atoms with Crippen molar-refractivity contribution in [2.75, 3.05) is 19.4 Å². The van der Waals surface area contributed by atoms with Crippen LogP contribution < -0.4 is 16.4 Å². The first-order chi connectivity index (χ1) is 22.0. The number of nitrogens with zero attached hydrogens (tertiary/aromatic N) is 1. The predicted molar refractivity (Wildman–Crippen MR) is 180 cm³/mol. The highest BCUT2D eigenvalue weighted by molar-refractivity contribution is 7.89. The molecule has 0 aliphatic rings. The van der Waals surface area contributed by atoms with Crippen LogP contribution in [-0.2, 0) is 24.3 Å². The largest absolute Gasteiger partial charge is 0.453 e. The molecule has 3 rings (SSSR count). The first-order valence-corrected chi connectivity index (χ1v) is 17.0. The van der Waals surface area contributed by atoms with E-state index < -0.39 is 40.0 Å². The minimum Gasteiger partial charge on any atom is -0.453 e. The predicted octanol–water partition coefficient (Wildman–Crippen LogP) is 5.10. The molecule has 248 valence electrons. The quantitative estimate of drug-likeness (QED) is 0.136. The van der Waals surface area contributed by atoms with Crippen LogP contribution in [0.1, 0.15) is 63.5 Å². The Labute approximate surface area is 272 Å². The molecule has 3 aromatic carbocycles. The number of nitrogen functional groups attached to an aromatic ring is 1. The van der Waals surface area contributed by atoms with Gasteiger partial charge in [0.15, 0.2) is 0 Å². The van der Waals surface area contributed by atoms with Gasteiger partial charge in [-0.05, 0) is 73.9 Å². The van der Waals surface area contributed by atoms with Crippen molar-refractivity contribution in [3.05, 3.63) is 96.1 Å². The van der Waals surface area contributed by atoms with E-state index in [1.807, 2.05) is 81.4 Å². The lowest BCUT2D eigenvalue weighted by molar-refractivity contribution is -0.124. The van der Waals surface area contributed by atoms with Crippen molar-refractivity contribution >= 4 is 34.0 Å². The Kier molecular flexibility index (Phi) is 13.8. The highest BCUT2D eigenvalue weighted by Crippen LogP contribution is 2.29. The average molecular weight is 651 g/mol. The molecule has 3 aromatic rings. The summed E-state index contributed by atoms with van der Waals surface area (Å²) in [6.07, 6.45) is 1.75. The number of hydrogen-bond acceptors (Lipinski definition) is 7. The second kappa shape index (κ2) is 17.5. The summed E-state index contributed by atoms with van der Waals surface area (Å²) >= 11 is 0. The number of carbonyl (C=O) groups is 3. The van der Waals surface area contributed by atoms with Crippen LogP contribution in [-0.4, -0.2) is 62.8 Å². The molecular formula is C35H46N4O6S. The normalized spacial score (nSPS) is 13.6. The van der Waals surface area contributed by atoms with Gasteiger partial charge in [-0.2, -0.15) is 4.31 Å². The number of anilines is 1. The van der Waals surface area contributed by atoms with Gasteiger partial charge >= 0.3 is 6.09 Å². The number of methoxy groups -OCH3 is 1. The molecule has 0 spiro atoms. The number of hydrogen-bond donors (Lipinski definition) is 3. The van der Waals surface area contributed by atoms with Gasteiger partial charge in [0.05, 0.1) is 18.0 Å². The lowest BCUT2D eigenvalue weighted by atomic mass is 9.84. The average Bonchev–Trinajstić information content (AvgIpc) is 3.04. The van der Waals surface area contributed by atoms with E-state index in [0.29, 0.717) is 31.2 Å². The summed E-state index contributed by atoms with van der Waals surface area (Å²) in [6, 6.07) is 22.6. The van der Waals surface area contributed by atoms with E-state index in [1.54, 1.807) is 0 Å². The summed E-state index contributed by atoms with van der Waals surface area (Å²) in [5.74, 6) is -0.665. The van der Waals surface area contributed by atoms with Gasteiger partial charge in [0, 0.05) is 24.2 Å². The van der Waals surface area contributed by atoms with E-state index in [4.69, 9.17) is 10.5 Å². The van der Waals surface area contributed by atoms with Gasteiger partial charge in [-0.1, -0.05) is 74.5 Å². The summed E-state index contributed by atoms with van der Waals surface area (Å²) in [4.78, 5) is 38.6. The first kappa shape index (κ1) is 36.3. The van der Waals surface area contributed by atoms with Crippen molar-refractivity contribution < 1.29 is 27.5 Å². The highest BCUT2D eigenvalue weighted by Gasteiger charge is 2.34. The smallest absolute Gasteiger partial charge is 0.407 e. The Balaban J connectivity index is 1.75. The zero-order valence-electron chi connectivity index (χ0n) is 27.0. The van der Waals surface area contributed by atoms with E-state index in [0.717, 1.165) is 11.1 Å². The van der Waals surface area contributed by atoms with Crippen LogP contribution in [0.15, 0.2) is 89.8 Å². The molecule has 0 fully saturated rings. The standard InChI is InChI=1S/C35H46N4O6S/c1-25(2)22-23-39(46(43,44)31-20-18-29(36)19-21-31)30(24-40)17-11-12-26(3)37-34(41)33(38-35(42)45-4)32(27-13-7-5-8-14-27)28-15-9-6-10-16-28/h5-10,13-16,18-21,24-26,30,32-33H,11-12,17,22-23,36H2,1-4H3,(H,37,41)(H,38,42)/t26-,30-,33-/m0/s1. The Morgan fingerprint density at radius 1 is 0.848 bits per heavy atom. The van der Waals surface area contributed by atoms with Crippen LogP contribution in [0.4, 0.5) is 10.5 Å². The number of sulfonamides is 1. The second-order valence-electron chi connectivity index (χ2n) is 11.8. The first-order valence-electron chi connectivity index (χ1n) is 15.5. The molecule has 10 nitrogen and oxygen atoms in total. The van der Waals surface area contributed by atoms with Crippen LogP contribution in [0, 0.1) is 5.92 Å². The second-order valence-corrected chi connectivity index (χ2v) is 13.7. The van der Waals surface area contributed by atoms with Crippen molar-refractivity contribution in [1.82, 2.24) is 14.9 Å². The van der Waals surface area contributed by atoms with Crippen LogP contribution in [0.5, 0.6) is 0 Å². The molecule has 0 unspecified atom stereocenters. The molecule has 11 heteroatoms. The highest BCUT2D eigenvalue weighted by atomic mass is 32.2. The fourth-order valence-corrected chi connectivity index (χ4v) is 6.94. The van der Waals surface area contributed by atoms with Gasteiger partial charge in [-0.25, -0.2) is 13.2 Å². The number of amides is 2. The van der Waals surface area contributed by atoms with Crippen molar-refractivity contribution in [3.63, 3.8) is 0 Å². The molecular weight excluding hydrogens is 604 g/mol. The molecule has 0 saturated carbocycles. The third kappa shape index (κ3) is 10.1. The third-order valence-corrected chi connectivity index (χ3v) is 9.80. The maximum absolute atomic E-state index is 13.8. The topological polar surface area (TPSA) is 148 Å². The molecule has 0 heterocycles. The fraction of sp³-hybridized carbons (Fsp3) is 0.400. The summed E-state index contributed by atoms with van der Waals surface area (Å²) in [6.45, 7) is 6.03. The van der Waals surface area contributed by atoms with Gasteiger partial charge in [-0.3, -0.25) is 4.79 Å². The van der Waals surface area contributed by atoms with Crippen molar-refractivity contribution in [2.24, 2.45) is 5.92 Å². The summed E-state index contributed by atoms with van der Waals surface area (Å²) in [5.41, 5.74) is 7.89. The molecule has 2 amide bonds. The maximum Gasteiger partial charge on any atom is 0.407 e. The van der Waals surface area contributed by atoms with E-state index >= 15 is 0 Å². The van der Waals surface area contributed by atoms with Crippen LogP contribution in [0.2, 0.25) is 0 Å². The number of carbonyl (C=O) groups excluding carboxylic acids is 3. The lowest BCUT2D eigenvalue weighted by Gasteiger charge is -2.30. The van der Waals surface area contributed by atoms with E-state index in [9.17, 15) is 22.8 Å².